The first kappa shape index (κ1) is 15.1. The summed E-state index contributed by atoms with van der Waals surface area (Å²) in [5.74, 6) is -0.934. The van der Waals surface area contributed by atoms with E-state index in [-0.39, 0.29) is 11.6 Å². The van der Waals surface area contributed by atoms with E-state index in [4.69, 9.17) is 16.3 Å². The number of benzene rings is 1. The van der Waals surface area contributed by atoms with Crippen molar-refractivity contribution in [2.75, 3.05) is 11.9 Å². The van der Waals surface area contributed by atoms with Crippen LogP contribution in [0.2, 0.25) is 5.02 Å². The maximum atomic E-state index is 12.2. The summed E-state index contributed by atoms with van der Waals surface area (Å²) in [7, 11) is 1.63. The molecule has 0 radical (unpaired) electrons. The van der Waals surface area contributed by atoms with Crippen LogP contribution >= 0.6 is 11.6 Å². The van der Waals surface area contributed by atoms with Gasteiger partial charge in [0.25, 0.3) is 5.91 Å². The van der Waals surface area contributed by atoms with Crippen LogP contribution in [0.5, 0.6) is 0 Å². The second-order valence-corrected chi connectivity index (χ2v) is 4.95. The van der Waals surface area contributed by atoms with Crippen molar-refractivity contribution >= 4 is 29.2 Å². The number of nitrogens with one attached hydrogen (secondary N) is 1. The van der Waals surface area contributed by atoms with Crippen LogP contribution in [-0.4, -0.2) is 30.0 Å². The van der Waals surface area contributed by atoms with Gasteiger partial charge in [0, 0.05) is 18.9 Å². The highest BCUT2D eigenvalue weighted by Gasteiger charge is 2.23. The summed E-state index contributed by atoms with van der Waals surface area (Å²) in [5, 5.41) is 0.405. The van der Waals surface area contributed by atoms with Gasteiger partial charge in [-0.2, -0.15) is 0 Å². The van der Waals surface area contributed by atoms with Crippen molar-refractivity contribution in [1.82, 2.24) is 4.98 Å². The van der Waals surface area contributed by atoms with Gasteiger partial charge in [0.05, 0.1) is 5.02 Å². The SMILES string of the molecule is CC(OC(=O)c1cc(Cl)c[nH]1)C(=O)N(C)c1ccccc1. The van der Waals surface area contributed by atoms with Gasteiger partial charge in [0.1, 0.15) is 5.69 Å². The lowest BCUT2D eigenvalue weighted by atomic mass is 10.2. The Labute approximate surface area is 127 Å². The molecule has 0 aliphatic carbocycles. The maximum absolute atomic E-state index is 12.2. The lowest BCUT2D eigenvalue weighted by Crippen LogP contribution is -2.37. The zero-order valence-electron chi connectivity index (χ0n) is 11.7. The fourth-order valence-corrected chi connectivity index (χ4v) is 1.98. The molecule has 6 heteroatoms. The number of carbonyl (C=O) groups is 2. The lowest BCUT2D eigenvalue weighted by molar-refractivity contribution is -0.126. The highest BCUT2D eigenvalue weighted by Crippen LogP contribution is 2.15. The molecule has 1 heterocycles. The number of ether oxygens (including phenoxy) is 1. The van der Waals surface area contributed by atoms with Crippen molar-refractivity contribution in [2.45, 2.75) is 13.0 Å². The summed E-state index contributed by atoms with van der Waals surface area (Å²) in [4.78, 5) is 28.2. The molecular weight excluding hydrogens is 292 g/mol. The van der Waals surface area contributed by atoms with E-state index >= 15 is 0 Å². The minimum atomic E-state index is -0.898. The van der Waals surface area contributed by atoms with Crippen molar-refractivity contribution in [3.05, 3.63) is 53.3 Å². The summed E-state index contributed by atoms with van der Waals surface area (Å²) >= 11 is 5.72. The van der Waals surface area contributed by atoms with Crippen LogP contribution in [0.3, 0.4) is 0 Å². The summed E-state index contributed by atoms with van der Waals surface area (Å²) in [6.07, 6.45) is 0.575. The number of aromatic nitrogens is 1. The predicted octanol–water partition coefficient (Wildman–Crippen LogP) is 2.88. The lowest BCUT2D eigenvalue weighted by Gasteiger charge is -2.21. The third-order valence-corrected chi connectivity index (χ3v) is 3.19. The van der Waals surface area contributed by atoms with Crippen molar-refractivity contribution in [3.8, 4) is 0 Å². The Morgan fingerprint density at radius 3 is 2.52 bits per heavy atom. The monoisotopic (exact) mass is 306 g/mol. The van der Waals surface area contributed by atoms with E-state index in [1.165, 1.54) is 24.1 Å². The van der Waals surface area contributed by atoms with Crippen LogP contribution in [0.25, 0.3) is 0 Å². The smallest absolute Gasteiger partial charge is 0.355 e. The largest absolute Gasteiger partial charge is 0.448 e. The number of amides is 1. The van der Waals surface area contributed by atoms with E-state index in [9.17, 15) is 9.59 Å². The quantitative estimate of drug-likeness (QED) is 0.884. The van der Waals surface area contributed by atoms with E-state index in [1.807, 2.05) is 18.2 Å². The number of aromatic amines is 1. The molecule has 0 bridgehead atoms. The second kappa shape index (κ2) is 6.45. The first-order valence-corrected chi connectivity index (χ1v) is 6.74. The summed E-state index contributed by atoms with van der Waals surface area (Å²) in [6, 6.07) is 10.6. The van der Waals surface area contributed by atoms with Gasteiger partial charge in [-0.05, 0) is 25.1 Å². The Kier molecular flexibility index (Phi) is 4.65. The number of H-pyrrole nitrogens is 1. The highest BCUT2D eigenvalue weighted by molar-refractivity contribution is 6.30. The van der Waals surface area contributed by atoms with E-state index in [0.717, 1.165) is 5.69 Å². The molecule has 1 atom stereocenters. The van der Waals surface area contributed by atoms with E-state index in [2.05, 4.69) is 4.98 Å². The molecule has 5 nitrogen and oxygen atoms in total. The molecule has 0 aliphatic rings. The van der Waals surface area contributed by atoms with Gasteiger partial charge >= 0.3 is 5.97 Å². The first-order valence-electron chi connectivity index (χ1n) is 6.36. The molecule has 1 unspecified atom stereocenters. The van der Waals surface area contributed by atoms with Crippen LogP contribution in [-0.2, 0) is 9.53 Å². The molecule has 1 aromatic carbocycles. The Hall–Kier alpha value is -2.27. The summed E-state index contributed by atoms with van der Waals surface area (Å²) in [6.45, 7) is 1.53. The number of nitrogens with zero attached hydrogens (tertiary/aromatic N) is 1. The zero-order chi connectivity index (χ0) is 15.4. The van der Waals surface area contributed by atoms with Crippen LogP contribution in [0, 0.1) is 0 Å². The van der Waals surface area contributed by atoms with Crippen molar-refractivity contribution in [3.63, 3.8) is 0 Å². The summed E-state index contributed by atoms with van der Waals surface area (Å²) < 4.78 is 5.13. The third-order valence-electron chi connectivity index (χ3n) is 2.97. The molecule has 0 aliphatic heterocycles. The first-order chi connectivity index (χ1) is 9.99. The number of anilines is 1. The minimum absolute atomic E-state index is 0.210. The molecular formula is C15H15ClN2O3. The van der Waals surface area contributed by atoms with Crippen molar-refractivity contribution < 1.29 is 14.3 Å². The molecule has 2 aromatic rings. The minimum Gasteiger partial charge on any atom is -0.448 e. The van der Waals surface area contributed by atoms with E-state index in [0.29, 0.717) is 5.02 Å². The van der Waals surface area contributed by atoms with E-state index < -0.39 is 12.1 Å². The fourth-order valence-electron chi connectivity index (χ4n) is 1.81. The maximum Gasteiger partial charge on any atom is 0.355 e. The molecule has 1 aromatic heterocycles. The van der Waals surface area contributed by atoms with Crippen molar-refractivity contribution in [2.24, 2.45) is 0 Å². The number of rotatable bonds is 4. The Balaban J connectivity index is 2.01. The van der Waals surface area contributed by atoms with Gasteiger partial charge in [-0.1, -0.05) is 29.8 Å². The molecule has 0 spiro atoms. The van der Waals surface area contributed by atoms with Crippen molar-refractivity contribution in [1.29, 1.82) is 0 Å². The molecule has 0 saturated carbocycles. The number of hydrogen-bond donors (Lipinski definition) is 1. The van der Waals surface area contributed by atoms with Crippen LogP contribution in [0.4, 0.5) is 5.69 Å². The topological polar surface area (TPSA) is 62.4 Å². The predicted molar refractivity (Wildman–Crippen MR) is 80.5 cm³/mol. The second-order valence-electron chi connectivity index (χ2n) is 4.51. The molecule has 0 saturated heterocycles. The highest BCUT2D eigenvalue weighted by atomic mass is 35.5. The van der Waals surface area contributed by atoms with E-state index in [1.54, 1.807) is 19.2 Å². The molecule has 1 N–H and O–H groups in total. The van der Waals surface area contributed by atoms with Gasteiger partial charge < -0.3 is 14.6 Å². The zero-order valence-corrected chi connectivity index (χ0v) is 12.4. The summed E-state index contributed by atoms with van der Waals surface area (Å²) in [5.41, 5.74) is 0.940. The van der Waals surface area contributed by atoms with Crippen LogP contribution < -0.4 is 4.90 Å². The number of hydrogen-bond acceptors (Lipinski definition) is 3. The third kappa shape index (κ3) is 3.64. The van der Waals surface area contributed by atoms with Crippen LogP contribution in [0.1, 0.15) is 17.4 Å². The van der Waals surface area contributed by atoms with Gasteiger partial charge in [0.2, 0.25) is 0 Å². The van der Waals surface area contributed by atoms with Gasteiger partial charge in [-0.15, -0.1) is 0 Å². The molecule has 2 rings (SSSR count). The Morgan fingerprint density at radius 1 is 1.29 bits per heavy atom. The molecule has 1 amide bonds. The van der Waals surface area contributed by atoms with Crippen LogP contribution in [0.15, 0.2) is 42.6 Å². The number of carbonyl (C=O) groups excluding carboxylic acids is 2. The number of likely N-dealkylation sites (N-methyl/N-ethyl adjacent to an activating group) is 1. The normalized spacial score (nSPS) is 11.8. The number of halogens is 1. The number of para-hydroxylation sites is 1. The average molecular weight is 307 g/mol. The molecule has 110 valence electrons. The number of esters is 1. The molecule has 21 heavy (non-hydrogen) atoms. The average Bonchev–Trinajstić information content (AvgIpc) is 2.93. The fraction of sp³-hybridized carbons (Fsp3) is 0.200. The standard InChI is InChI=1S/C15H15ClN2O3/c1-10(21-15(20)13-8-11(16)9-17-13)14(19)18(2)12-6-4-3-5-7-12/h3-10,17H,1-2H3. The Bertz CT molecular complexity index is 639. The van der Waals surface area contributed by atoms with Gasteiger partial charge in [-0.25, -0.2) is 4.79 Å². The van der Waals surface area contributed by atoms with Gasteiger partial charge in [0.15, 0.2) is 6.10 Å². The Morgan fingerprint density at radius 2 is 1.95 bits per heavy atom. The van der Waals surface area contributed by atoms with Gasteiger partial charge in [-0.3, -0.25) is 4.79 Å². The molecule has 0 fully saturated rings.